The van der Waals surface area contributed by atoms with Crippen LogP contribution in [0.1, 0.15) is 44.2 Å². The zero-order valence-corrected chi connectivity index (χ0v) is 16.1. The zero-order chi connectivity index (χ0) is 19.5. The van der Waals surface area contributed by atoms with E-state index in [0.717, 1.165) is 11.1 Å². The molecule has 1 aromatic carbocycles. The molecule has 0 aliphatic carbocycles. The molecule has 6 nitrogen and oxygen atoms in total. The summed E-state index contributed by atoms with van der Waals surface area (Å²) in [5, 5.41) is 23.1. The molecule has 1 saturated heterocycles. The molecule has 2 atom stereocenters. The van der Waals surface area contributed by atoms with Crippen LogP contribution in [0, 0.1) is 25.2 Å². The molecule has 1 aliphatic heterocycles. The van der Waals surface area contributed by atoms with Crippen LogP contribution in [0.15, 0.2) is 18.2 Å². The number of hydrogen-bond donors (Lipinski definition) is 3. The molecule has 1 aliphatic rings. The normalized spacial score (nSPS) is 23.2. The third-order valence-electron chi connectivity index (χ3n) is 5.14. The van der Waals surface area contributed by atoms with E-state index in [4.69, 9.17) is 0 Å². The Hall–Kier alpha value is -2.08. The number of carbonyl (C=O) groups is 2. The first-order valence-electron chi connectivity index (χ1n) is 9.20. The minimum atomic E-state index is -1.30. The van der Waals surface area contributed by atoms with E-state index in [-0.39, 0.29) is 19.0 Å². The SMILES string of the molecule is Cc1cc(C)cc(NC(=O)N2CC[C@@H](O)[C@](CCC(C)C)(C(=O)O)C2)c1. The van der Waals surface area contributed by atoms with Crippen molar-refractivity contribution in [3.63, 3.8) is 0 Å². The van der Waals surface area contributed by atoms with Crippen molar-refractivity contribution in [2.45, 2.75) is 53.1 Å². The molecule has 1 heterocycles. The number of aryl methyl sites for hydroxylation is 2. The molecule has 2 amide bonds. The van der Waals surface area contributed by atoms with E-state index >= 15 is 0 Å². The van der Waals surface area contributed by atoms with Gasteiger partial charge in [-0.1, -0.05) is 19.9 Å². The van der Waals surface area contributed by atoms with E-state index in [2.05, 4.69) is 5.32 Å². The summed E-state index contributed by atoms with van der Waals surface area (Å²) in [6.45, 7) is 8.33. The number of carbonyl (C=O) groups excluding carboxylic acids is 1. The van der Waals surface area contributed by atoms with E-state index < -0.39 is 17.5 Å². The second kappa shape index (κ2) is 8.08. The first kappa shape index (κ1) is 20.2. The average Bonchev–Trinajstić information content (AvgIpc) is 2.52. The highest BCUT2D eigenvalue weighted by atomic mass is 16.4. The van der Waals surface area contributed by atoms with Gasteiger partial charge in [0.15, 0.2) is 0 Å². The summed E-state index contributed by atoms with van der Waals surface area (Å²) >= 11 is 0. The number of anilines is 1. The number of piperidine rings is 1. The van der Waals surface area contributed by atoms with Crippen LogP contribution < -0.4 is 5.32 Å². The Morgan fingerprint density at radius 1 is 1.27 bits per heavy atom. The molecule has 1 aromatic rings. The Morgan fingerprint density at radius 3 is 2.42 bits per heavy atom. The fraction of sp³-hybridized carbons (Fsp3) is 0.600. The molecular formula is C20H30N2O4. The van der Waals surface area contributed by atoms with Crippen LogP contribution in [0.4, 0.5) is 10.5 Å². The van der Waals surface area contributed by atoms with Gasteiger partial charge in [-0.15, -0.1) is 0 Å². The number of likely N-dealkylation sites (tertiary alicyclic amines) is 1. The van der Waals surface area contributed by atoms with E-state index in [0.29, 0.717) is 31.0 Å². The Morgan fingerprint density at radius 2 is 1.88 bits per heavy atom. The van der Waals surface area contributed by atoms with Gasteiger partial charge in [0.05, 0.1) is 6.10 Å². The van der Waals surface area contributed by atoms with Crippen molar-refractivity contribution in [1.82, 2.24) is 4.90 Å². The third kappa shape index (κ3) is 4.55. The molecule has 2 rings (SSSR count). The molecule has 0 unspecified atom stereocenters. The highest BCUT2D eigenvalue weighted by Crippen LogP contribution is 2.37. The Labute approximate surface area is 155 Å². The van der Waals surface area contributed by atoms with Gasteiger partial charge in [-0.2, -0.15) is 0 Å². The number of benzene rings is 1. The van der Waals surface area contributed by atoms with Crippen molar-refractivity contribution >= 4 is 17.7 Å². The summed E-state index contributed by atoms with van der Waals surface area (Å²) in [5.74, 6) is -0.701. The lowest BCUT2D eigenvalue weighted by Crippen LogP contribution is -2.58. The lowest BCUT2D eigenvalue weighted by Gasteiger charge is -2.43. The van der Waals surface area contributed by atoms with E-state index in [9.17, 15) is 19.8 Å². The molecule has 0 bridgehead atoms. The molecule has 0 saturated carbocycles. The van der Waals surface area contributed by atoms with Crippen LogP contribution in [-0.4, -0.2) is 46.3 Å². The summed E-state index contributed by atoms with van der Waals surface area (Å²) in [6.07, 6.45) is 0.374. The largest absolute Gasteiger partial charge is 0.481 e. The summed E-state index contributed by atoms with van der Waals surface area (Å²) in [4.78, 5) is 26.2. The van der Waals surface area contributed by atoms with Crippen molar-refractivity contribution in [2.24, 2.45) is 11.3 Å². The quantitative estimate of drug-likeness (QED) is 0.749. The first-order valence-corrected chi connectivity index (χ1v) is 9.20. The fourth-order valence-electron chi connectivity index (χ4n) is 3.61. The summed E-state index contributed by atoms with van der Waals surface area (Å²) in [7, 11) is 0. The number of nitrogens with one attached hydrogen (secondary N) is 1. The number of carboxylic acid groups (broad SMARTS) is 1. The third-order valence-corrected chi connectivity index (χ3v) is 5.14. The van der Waals surface area contributed by atoms with Gasteiger partial charge in [0.2, 0.25) is 0 Å². The molecule has 144 valence electrons. The first-order chi connectivity index (χ1) is 12.1. The van der Waals surface area contributed by atoms with Crippen molar-refractivity contribution in [2.75, 3.05) is 18.4 Å². The maximum Gasteiger partial charge on any atom is 0.321 e. The van der Waals surface area contributed by atoms with Crippen molar-refractivity contribution in [1.29, 1.82) is 0 Å². The summed E-state index contributed by atoms with van der Waals surface area (Å²) < 4.78 is 0. The van der Waals surface area contributed by atoms with Gasteiger partial charge in [-0.25, -0.2) is 4.79 Å². The van der Waals surface area contributed by atoms with Crippen molar-refractivity contribution in [3.05, 3.63) is 29.3 Å². The minimum Gasteiger partial charge on any atom is -0.481 e. The van der Waals surface area contributed by atoms with E-state index in [1.807, 2.05) is 45.9 Å². The number of rotatable bonds is 5. The molecule has 3 N–H and O–H groups in total. The lowest BCUT2D eigenvalue weighted by atomic mass is 9.73. The van der Waals surface area contributed by atoms with Crippen LogP contribution in [0.5, 0.6) is 0 Å². The maximum absolute atomic E-state index is 12.7. The second-order valence-corrected chi connectivity index (χ2v) is 7.93. The van der Waals surface area contributed by atoms with Crippen molar-refractivity contribution < 1.29 is 19.8 Å². The number of aliphatic hydroxyl groups is 1. The van der Waals surface area contributed by atoms with E-state index in [1.54, 1.807) is 0 Å². The molecule has 0 radical (unpaired) electrons. The number of urea groups is 1. The monoisotopic (exact) mass is 362 g/mol. The number of hydrogen-bond acceptors (Lipinski definition) is 3. The van der Waals surface area contributed by atoms with Gasteiger partial charge in [0.1, 0.15) is 5.41 Å². The van der Waals surface area contributed by atoms with Gasteiger partial charge >= 0.3 is 12.0 Å². The number of carboxylic acids is 1. The highest BCUT2D eigenvalue weighted by Gasteiger charge is 2.49. The maximum atomic E-state index is 12.7. The molecule has 6 heteroatoms. The smallest absolute Gasteiger partial charge is 0.321 e. The molecule has 1 fully saturated rings. The van der Waals surface area contributed by atoms with E-state index in [1.165, 1.54) is 4.90 Å². The molecule has 26 heavy (non-hydrogen) atoms. The standard InChI is InChI=1S/C20H30N2O4/c1-13(2)5-7-20(18(24)25)12-22(8-6-17(20)23)19(26)21-16-10-14(3)9-15(4)11-16/h9-11,13,17,23H,5-8,12H2,1-4H3,(H,21,26)(H,24,25)/t17-,20-/m1/s1. The van der Waals surface area contributed by atoms with Gasteiger partial charge < -0.3 is 20.4 Å². The zero-order valence-electron chi connectivity index (χ0n) is 16.1. The fourth-order valence-corrected chi connectivity index (χ4v) is 3.61. The number of aliphatic hydroxyl groups excluding tert-OH is 1. The molecular weight excluding hydrogens is 332 g/mol. The average molecular weight is 362 g/mol. The predicted molar refractivity (Wildman–Crippen MR) is 101 cm³/mol. The van der Waals surface area contributed by atoms with Crippen LogP contribution in [0.3, 0.4) is 0 Å². The van der Waals surface area contributed by atoms with Gasteiger partial charge in [0.25, 0.3) is 0 Å². The van der Waals surface area contributed by atoms with Crippen LogP contribution in [-0.2, 0) is 4.79 Å². The van der Waals surface area contributed by atoms with Crippen LogP contribution in [0.2, 0.25) is 0 Å². The molecule has 0 spiro atoms. The highest BCUT2D eigenvalue weighted by molar-refractivity contribution is 5.90. The minimum absolute atomic E-state index is 0.0207. The summed E-state index contributed by atoms with van der Waals surface area (Å²) in [6, 6.07) is 5.46. The van der Waals surface area contributed by atoms with Gasteiger partial charge in [-0.3, -0.25) is 4.79 Å². The van der Waals surface area contributed by atoms with Crippen LogP contribution >= 0.6 is 0 Å². The number of nitrogens with zero attached hydrogens (tertiary/aromatic N) is 1. The van der Waals surface area contributed by atoms with Crippen LogP contribution in [0.25, 0.3) is 0 Å². The Balaban J connectivity index is 2.16. The Bertz CT molecular complexity index is 654. The number of amides is 2. The molecule has 0 aromatic heterocycles. The Kier molecular flexibility index (Phi) is 6.29. The second-order valence-electron chi connectivity index (χ2n) is 7.93. The van der Waals surface area contributed by atoms with Crippen molar-refractivity contribution in [3.8, 4) is 0 Å². The predicted octanol–water partition coefficient (Wildman–Crippen LogP) is 3.41. The topological polar surface area (TPSA) is 89.9 Å². The number of aliphatic carboxylic acids is 1. The lowest BCUT2D eigenvalue weighted by molar-refractivity contribution is -0.162. The van der Waals surface area contributed by atoms with Gasteiger partial charge in [0, 0.05) is 18.8 Å². The summed E-state index contributed by atoms with van der Waals surface area (Å²) in [5.41, 5.74) is 1.49. The van der Waals surface area contributed by atoms with Gasteiger partial charge in [-0.05, 0) is 62.3 Å².